The first-order valence-electron chi connectivity index (χ1n) is 16.2. The second-order valence-corrected chi connectivity index (χ2v) is 14.5. The van der Waals surface area contributed by atoms with Crippen LogP contribution in [0.4, 0.5) is 4.79 Å². The number of carboxylic acid groups (broad SMARTS) is 1. The number of hydrogen-bond acceptors (Lipinski definition) is 10. The van der Waals surface area contributed by atoms with Crippen molar-refractivity contribution in [1.29, 1.82) is 0 Å². The van der Waals surface area contributed by atoms with Gasteiger partial charge in [-0.15, -0.1) is 5.10 Å². The van der Waals surface area contributed by atoms with Crippen LogP contribution in [-0.2, 0) is 31.8 Å². The maximum Gasteiger partial charge on any atom is 0.482 e. The summed E-state index contributed by atoms with van der Waals surface area (Å²) in [5.41, 5.74) is -0.483. The van der Waals surface area contributed by atoms with Gasteiger partial charge >= 0.3 is 19.2 Å². The zero-order valence-electron chi connectivity index (χ0n) is 28.5. The first-order valence-corrected chi connectivity index (χ1v) is 16.2. The van der Waals surface area contributed by atoms with Crippen LogP contribution in [0.15, 0.2) is 24.4 Å². The fraction of sp³-hybridized carbons (Fsp3) is 0.625. The van der Waals surface area contributed by atoms with Gasteiger partial charge in [-0.2, -0.15) is 0 Å². The molecule has 3 aliphatic carbocycles. The molecule has 0 spiro atoms. The molecule has 1 aromatic carbocycles. The highest BCUT2D eigenvalue weighted by molar-refractivity contribution is 6.48. The van der Waals surface area contributed by atoms with Crippen molar-refractivity contribution < 1.29 is 43.1 Å². The summed E-state index contributed by atoms with van der Waals surface area (Å²) in [6.07, 6.45) is 2.70. The Bertz CT molecular complexity index is 1560. The van der Waals surface area contributed by atoms with Crippen LogP contribution in [0.2, 0.25) is 0 Å². The van der Waals surface area contributed by atoms with E-state index in [1.165, 1.54) is 24.1 Å². The van der Waals surface area contributed by atoms with Crippen molar-refractivity contribution in [3.8, 4) is 5.75 Å². The highest BCUT2D eigenvalue weighted by Crippen LogP contribution is 2.65. The average Bonchev–Trinajstić information content (AvgIpc) is 3.61. The van der Waals surface area contributed by atoms with Crippen molar-refractivity contribution >= 4 is 31.0 Å². The smallest absolute Gasteiger partial charge is 0.482 e. The lowest BCUT2D eigenvalue weighted by Gasteiger charge is -2.64. The molecule has 2 aromatic rings. The topological polar surface area (TPSA) is 192 Å². The molecule has 2 heterocycles. The van der Waals surface area contributed by atoms with Gasteiger partial charge in [0.15, 0.2) is 5.69 Å². The number of nitrogens with zero attached hydrogens (tertiary/aromatic N) is 3. The van der Waals surface area contributed by atoms with Gasteiger partial charge in [0.25, 0.3) is 5.91 Å². The van der Waals surface area contributed by atoms with Crippen molar-refractivity contribution in [2.75, 3.05) is 20.2 Å². The van der Waals surface area contributed by atoms with Crippen molar-refractivity contribution in [3.63, 3.8) is 0 Å². The summed E-state index contributed by atoms with van der Waals surface area (Å²) in [7, 11) is 0.603. The minimum atomic E-state index is -1.13. The molecule has 15 nitrogen and oxygen atoms in total. The first kappa shape index (κ1) is 35.1. The quantitative estimate of drug-likeness (QED) is 0.192. The number of carboxylic acids is 1. The Kier molecular flexibility index (Phi) is 9.80. The van der Waals surface area contributed by atoms with Gasteiger partial charge in [-0.1, -0.05) is 31.2 Å². The third-order valence-corrected chi connectivity index (χ3v) is 9.77. The molecule has 0 radical (unpaired) electrons. The summed E-state index contributed by atoms with van der Waals surface area (Å²) in [6, 6.07) is 4.84. The molecule has 4 fully saturated rings. The van der Waals surface area contributed by atoms with E-state index in [0.717, 1.165) is 12.8 Å². The van der Waals surface area contributed by atoms with Crippen LogP contribution in [0.25, 0.3) is 0 Å². The molecule has 48 heavy (non-hydrogen) atoms. The van der Waals surface area contributed by atoms with Crippen LogP contribution in [0.5, 0.6) is 5.75 Å². The normalized spacial score (nSPS) is 24.5. The molecular formula is C32H45BN6O9. The lowest BCUT2D eigenvalue weighted by atomic mass is 9.43. The second kappa shape index (κ2) is 13.4. The summed E-state index contributed by atoms with van der Waals surface area (Å²) in [6.45, 7) is 11.9. The van der Waals surface area contributed by atoms with Crippen molar-refractivity contribution in [2.45, 2.75) is 90.6 Å². The van der Waals surface area contributed by atoms with Crippen molar-refractivity contribution in [1.82, 2.24) is 30.9 Å². The summed E-state index contributed by atoms with van der Waals surface area (Å²) in [4.78, 5) is 49.7. The minimum Gasteiger partial charge on any atom is -0.496 e. The third-order valence-electron chi connectivity index (χ3n) is 9.77. The van der Waals surface area contributed by atoms with Gasteiger partial charge in [-0.3, -0.25) is 9.59 Å². The monoisotopic (exact) mass is 668 g/mol. The summed E-state index contributed by atoms with van der Waals surface area (Å²) >= 11 is 0. The maximum absolute atomic E-state index is 13.4. The largest absolute Gasteiger partial charge is 0.496 e. The molecule has 2 bridgehead atoms. The number of carbonyl (C=O) groups excluding carboxylic acids is 3. The Morgan fingerprint density at radius 1 is 1.15 bits per heavy atom. The average molecular weight is 669 g/mol. The van der Waals surface area contributed by atoms with Crippen molar-refractivity contribution in [3.05, 3.63) is 41.2 Å². The molecule has 1 saturated heterocycles. The number of amides is 3. The number of carbonyl (C=O) groups is 4. The highest BCUT2D eigenvalue weighted by atomic mass is 16.7. The Balaban J connectivity index is 1.25. The molecule has 260 valence electrons. The lowest BCUT2D eigenvalue weighted by Crippen LogP contribution is -2.65. The fourth-order valence-electron chi connectivity index (χ4n) is 7.30. The van der Waals surface area contributed by atoms with E-state index in [-0.39, 0.29) is 54.6 Å². The van der Waals surface area contributed by atoms with E-state index in [1.807, 2.05) is 0 Å². The predicted octanol–water partition coefficient (Wildman–Crippen LogP) is 2.23. The molecule has 6 rings (SSSR count). The Labute approximate surface area is 279 Å². The zero-order valence-corrected chi connectivity index (χ0v) is 28.5. The minimum absolute atomic E-state index is 0.00517. The number of benzene rings is 1. The van der Waals surface area contributed by atoms with E-state index in [9.17, 15) is 24.3 Å². The van der Waals surface area contributed by atoms with Crippen molar-refractivity contribution in [2.24, 2.45) is 17.3 Å². The molecule has 1 unspecified atom stereocenters. The molecule has 4 aliphatic rings. The molecule has 1 aromatic heterocycles. The van der Waals surface area contributed by atoms with E-state index in [0.29, 0.717) is 17.4 Å². The molecule has 3 amide bonds. The van der Waals surface area contributed by atoms with Crippen LogP contribution in [-0.4, -0.2) is 94.5 Å². The van der Waals surface area contributed by atoms with Gasteiger partial charge in [0, 0.05) is 13.1 Å². The highest BCUT2D eigenvalue weighted by Gasteiger charge is 2.68. The molecule has 16 heteroatoms. The van der Waals surface area contributed by atoms with Gasteiger partial charge in [0.05, 0.1) is 31.0 Å². The predicted molar refractivity (Wildman–Crippen MR) is 172 cm³/mol. The number of rotatable bonds is 12. The number of para-hydroxylation sites is 1. The number of alkyl carbamates (subject to hydrolysis) is 1. The van der Waals surface area contributed by atoms with E-state index in [4.69, 9.17) is 18.8 Å². The van der Waals surface area contributed by atoms with E-state index in [1.54, 1.807) is 32.9 Å². The Morgan fingerprint density at radius 2 is 1.88 bits per heavy atom. The number of hydrogen-bond donors (Lipinski definition) is 4. The van der Waals surface area contributed by atoms with Crippen LogP contribution in [0, 0.1) is 17.3 Å². The van der Waals surface area contributed by atoms with Gasteiger partial charge in [-0.05, 0) is 75.8 Å². The van der Waals surface area contributed by atoms with Crippen LogP contribution in [0.1, 0.15) is 80.8 Å². The van der Waals surface area contributed by atoms with E-state index < -0.39 is 48.1 Å². The number of nitrogens with one attached hydrogen (secondary N) is 3. The molecule has 3 saturated carbocycles. The van der Waals surface area contributed by atoms with Crippen LogP contribution in [0.3, 0.4) is 0 Å². The number of methoxy groups -OCH3 is 1. The third kappa shape index (κ3) is 7.28. The number of aromatic carboxylic acids is 1. The van der Waals surface area contributed by atoms with Gasteiger partial charge in [0.1, 0.15) is 23.5 Å². The molecule has 4 N–H and O–H groups in total. The number of ether oxygens (including phenoxy) is 2. The maximum atomic E-state index is 13.4. The van der Waals surface area contributed by atoms with Crippen LogP contribution >= 0.6 is 0 Å². The summed E-state index contributed by atoms with van der Waals surface area (Å²) < 4.78 is 25.1. The SMILES string of the molecule is COc1c(CC(NC(=O)Cn2cc(C(=O)NCCNC(=O)OC(C)(C)C)nn2)B2O[C@@H]3C[C@@H]4C[C@@H](C4(C)C)[C@]3(C)O2)cccc1C(=O)O. The van der Waals surface area contributed by atoms with E-state index >= 15 is 0 Å². The zero-order chi connectivity index (χ0) is 35.0. The van der Waals surface area contributed by atoms with Crippen LogP contribution < -0.4 is 20.7 Å². The number of aromatic nitrogens is 3. The van der Waals surface area contributed by atoms with Gasteiger partial charge < -0.3 is 39.8 Å². The second-order valence-electron chi connectivity index (χ2n) is 14.5. The lowest BCUT2D eigenvalue weighted by molar-refractivity contribution is -0.199. The molecular weight excluding hydrogens is 623 g/mol. The van der Waals surface area contributed by atoms with E-state index in [2.05, 4.69) is 47.0 Å². The fourth-order valence-corrected chi connectivity index (χ4v) is 7.30. The first-order chi connectivity index (χ1) is 22.5. The summed E-state index contributed by atoms with van der Waals surface area (Å²) in [5, 5.41) is 25.7. The summed E-state index contributed by atoms with van der Waals surface area (Å²) in [5.74, 6) is -1.78. The standard InChI is InChI=1S/C32H45BN6O9/c1-30(2,3)46-29(44)35-12-11-34-27(41)21-16-39(38-37-21)17-25(40)36-24(13-18-9-8-10-20(28(42)43)26(18)45-7)33-47-23-15-19-14-22(31(19,4)5)32(23,6)48-33/h8-10,16,19,22-24H,11-15,17H2,1-7H3,(H,34,41)(H,35,44)(H,36,40)(H,42,43)/t19-,22-,23+,24?,32-/m0/s1. The Hall–Kier alpha value is -4.18. The van der Waals surface area contributed by atoms with Gasteiger partial charge in [0.2, 0.25) is 5.91 Å². The Morgan fingerprint density at radius 3 is 2.54 bits per heavy atom. The molecule has 1 aliphatic heterocycles. The van der Waals surface area contributed by atoms with Gasteiger partial charge in [-0.25, -0.2) is 14.3 Å². The molecule has 5 atom stereocenters.